The van der Waals surface area contributed by atoms with Crippen molar-refractivity contribution in [3.8, 4) is 0 Å². The molecule has 0 aliphatic carbocycles. The maximum absolute atomic E-state index is 11.8. The summed E-state index contributed by atoms with van der Waals surface area (Å²) in [6.07, 6.45) is -12.8. The fourth-order valence-corrected chi connectivity index (χ4v) is 2.17. The Morgan fingerprint density at radius 1 is 0.647 bits per heavy atom. The minimum atomic E-state index is -4.67. The normalized spacial score (nSPS) is 12.6. The molecule has 0 aliphatic rings. The molecule has 0 rings (SSSR count). The van der Waals surface area contributed by atoms with Crippen molar-refractivity contribution in [3.05, 3.63) is 0 Å². The van der Waals surface area contributed by atoms with E-state index in [-0.39, 0.29) is 5.78 Å². The van der Waals surface area contributed by atoms with E-state index < -0.39 is 72.4 Å². The summed E-state index contributed by atoms with van der Waals surface area (Å²) in [7, 11) is 0. The number of hydrogen-bond acceptors (Lipinski definition) is 8. The second-order valence-corrected chi connectivity index (χ2v) is 7.51. The third kappa shape index (κ3) is 24.7. The van der Waals surface area contributed by atoms with Crippen molar-refractivity contribution in [2.24, 2.45) is 23.7 Å². The van der Waals surface area contributed by atoms with E-state index in [2.05, 4.69) is 0 Å². The zero-order chi connectivity index (χ0) is 28.6. The number of carbonyl (C=O) groups excluding carboxylic acids is 5. The molecule has 34 heavy (non-hydrogen) atoms. The molecular weight excluding hydrogens is 518 g/mol. The molecule has 0 radical (unpaired) electrons. The Morgan fingerprint density at radius 3 is 0.912 bits per heavy atom. The van der Waals surface area contributed by atoms with Gasteiger partial charge < -0.3 is 24.6 Å². The van der Waals surface area contributed by atoms with Gasteiger partial charge in [-0.15, -0.1) is 0 Å². The van der Waals surface area contributed by atoms with Crippen LogP contribution >= 0.6 is 0 Å². The first kappa shape index (κ1) is 39.3. The molecule has 2 atom stereocenters. The first-order valence-electron chi connectivity index (χ1n) is 9.31. The first-order valence-corrected chi connectivity index (χ1v) is 9.95. The van der Waals surface area contributed by atoms with Gasteiger partial charge in [-0.3, -0.25) is 9.59 Å². The van der Waals surface area contributed by atoms with Gasteiger partial charge >= 0.3 is 36.1 Å². The summed E-state index contributed by atoms with van der Waals surface area (Å²) in [6, 6.07) is 0. The summed E-state index contributed by atoms with van der Waals surface area (Å²) in [4.78, 5) is 52.0. The molecule has 2 unspecified atom stereocenters. The van der Waals surface area contributed by atoms with Crippen molar-refractivity contribution in [1.29, 1.82) is 0 Å². The predicted octanol–water partition coefficient (Wildman–Crippen LogP) is 1.53. The Hall–Kier alpha value is -1.96. The summed E-state index contributed by atoms with van der Waals surface area (Å²) in [5, 5.41) is 20.7. The summed E-state index contributed by atoms with van der Waals surface area (Å²) >= 11 is 0.750. The SMILES string of the molecule is CC(C)=O.CC(C)C(C(=O)[O-])C(=O)CC(F)(F)F.CC(C)C(C(=O)[O-])C(=O)CC(F)(F)F.[O]=[Ti+2]. The number of halogens is 6. The number of aliphatic carboxylic acids is 2. The molecule has 0 heterocycles. The van der Waals surface area contributed by atoms with E-state index in [0.29, 0.717) is 0 Å². The van der Waals surface area contributed by atoms with E-state index in [1.165, 1.54) is 41.5 Å². The van der Waals surface area contributed by atoms with Crippen LogP contribution in [0.25, 0.3) is 0 Å². The van der Waals surface area contributed by atoms with Gasteiger partial charge in [0.2, 0.25) is 0 Å². The summed E-state index contributed by atoms with van der Waals surface area (Å²) in [5.41, 5.74) is 0. The topological polar surface area (TPSA) is 149 Å². The Morgan fingerprint density at radius 2 is 0.824 bits per heavy atom. The molecular formula is C19H26F6O8Ti. The van der Waals surface area contributed by atoms with Gasteiger partial charge in [-0.25, -0.2) is 0 Å². The molecule has 0 aromatic rings. The van der Waals surface area contributed by atoms with Crippen LogP contribution < -0.4 is 10.2 Å². The zero-order valence-corrected chi connectivity index (χ0v) is 20.8. The van der Waals surface area contributed by atoms with Gasteiger partial charge in [0.15, 0.2) is 11.6 Å². The average molecular weight is 544 g/mol. The molecule has 0 amide bonds. The van der Waals surface area contributed by atoms with E-state index in [1.807, 2.05) is 0 Å². The van der Waals surface area contributed by atoms with Gasteiger partial charge in [-0.2, -0.15) is 26.3 Å². The van der Waals surface area contributed by atoms with E-state index in [0.717, 1.165) is 20.4 Å². The Labute approximate surface area is 204 Å². The monoisotopic (exact) mass is 544 g/mol. The number of alkyl halides is 6. The number of carboxylic acids is 2. The molecule has 0 bridgehead atoms. The van der Waals surface area contributed by atoms with E-state index in [4.69, 9.17) is 3.32 Å². The van der Waals surface area contributed by atoms with Gasteiger partial charge in [0.05, 0.1) is 23.8 Å². The van der Waals surface area contributed by atoms with Crippen LogP contribution in [0.3, 0.4) is 0 Å². The molecule has 0 aromatic heterocycles. The van der Waals surface area contributed by atoms with Crippen LogP contribution in [0.4, 0.5) is 26.3 Å². The second kappa shape index (κ2) is 18.4. The van der Waals surface area contributed by atoms with Crippen LogP contribution in [-0.2, 0) is 47.7 Å². The molecule has 0 spiro atoms. The van der Waals surface area contributed by atoms with Gasteiger partial charge in [0, 0.05) is 0 Å². The fourth-order valence-electron chi connectivity index (χ4n) is 2.17. The predicted molar refractivity (Wildman–Crippen MR) is 95.1 cm³/mol. The summed E-state index contributed by atoms with van der Waals surface area (Å²) in [6.45, 7) is 8.48. The van der Waals surface area contributed by atoms with Crippen molar-refractivity contribution in [2.75, 3.05) is 0 Å². The van der Waals surface area contributed by atoms with Crippen molar-refractivity contribution in [1.82, 2.24) is 0 Å². The molecule has 0 aromatic carbocycles. The second-order valence-electron chi connectivity index (χ2n) is 7.51. The molecule has 0 saturated carbocycles. The molecule has 0 fully saturated rings. The molecule has 0 saturated heterocycles. The van der Waals surface area contributed by atoms with Crippen LogP contribution in [0.1, 0.15) is 54.4 Å². The standard InChI is InChI=1S/2C8H11F3O3.C3H6O.O.Ti/c2*1-4(2)6(7(13)14)5(12)3-8(9,10)11;1-3(2)4;;/h2*4,6H,3H2,1-2H3,(H,13,14);1-2H3;;/q;;;;+2/p-2. The number of carboxylic acid groups (broad SMARTS) is 2. The van der Waals surface area contributed by atoms with Crippen LogP contribution in [0, 0.1) is 23.7 Å². The van der Waals surface area contributed by atoms with Gasteiger partial charge in [0.25, 0.3) is 0 Å². The van der Waals surface area contributed by atoms with E-state index in [1.54, 1.807) is 0 Å². The van der Waals surface area contributed by atoms with Crippen molar-refractivity contribution < 1.29 is 84.3 Å². The zero-order valence-electron chi connectivity index (χ0n) is 19.3. The number of ketones is 3. The van der Waals surface area contributed by atoms with E-state index in [9.17, 15) is 60.5 Å². The number of rotatable bonds is 8. The Balaban J connectivity index is -0.000000215. The quantitative estimate of drug-likeness (QED) is 0.254. The average Bonchev–Trinajstić information content (AvgIpc) is 2.51. The van der Waals surface area contributed by atoms with Crippen LogP contribution in [-0.4, -0.2) is 41.6 Å². The molecule has 0 N–H and O–H groups in total. The number of hydrogen-bond donors (Lipinski definition) is 0. The molecule has 15 heteroatoms. The Kier molecular flexibility index (Phi) is 21.2. The summed E-state index contributed by atoms with van der Waals surface area (Å²) < 4.78 is 78.8. The molecule has 0 aliphatic heterocycles. The van der Waals surface area contributed by atoms with Crippen molar-refractivity contribution >= 4 is 29.3 Å². The van der Waals surface area contributed by atoms with Crippen molar-refractivity contribution in [2.45, 2.75) is 66.7 Å². The fraction of sp³-hybridized carbons (Fsp3) is 0.737. The first-order chi connectivity index (χ1) is 15.0. The number of Topliss-reactive ketones (excluding diaryl/α,β-unsaturated/α-hetero) is 3. The van der Waals surface area contributed by atoms with Crippen LogP contribution in [0.5, 0.6) is 0 Å². The van der Waals surface area contributed by atoms with Crippen LogP contribution in [0.15, 0.2) is 0 Å². The van der Waals surface area contributed by atoms with Gasteiger partial charge in [-0.05, 0) is 25.7 Å². The number of carbonyl (C=O) groups is 5. The van der Waals surface area contributed by atoms with Crippen molar-refractivity contribution in [3.63, 3.8) is 0 Å². The third-order valence-corrected chi connectivity index (χ3v) is 3.28. The molecule has 8 nitrogen and oxygen atoms in total. The van der Waals surface area contributed by atoms with E-state index >= 15 is 0 Å². The maximum atomic E-state index is 11.8. The summed E-state index contributed by atoms with van der Waals surface area (Å²) in [5.74, 6) is -10.8. The Bertz CT molecular complexity index is 621. The van der Waals surface area contributed by atoms with Gasteiger partial charge in [-0.1, -0.05) is 27.7 Å². The minimum absolute atomic E-state index is 0.167. The molecule has 196 valence electrons. The van der Waals surface area contributed by atoms with Crippen LogP contribution in [0.2, 0.25) is 0 Å². The van der Waals surface area contributed by atoms with Gasteiger partial charge in [0.1, 0.15) is 18.6 Å². The third-order valence-electron chi connectivity index (χ3n) is 3.28.